The third kappa shape index (κ3) is 2.68. The number of carbonyl (C=O) groups excluding carboxylic acids is 2. The summed E-state index contributed by atoms with van der Waals surface area (Å²) < 4.78 is 4.61. The molecule has 1 fully saturated rings. The molecule has 5 heteroatoms. The molecule has 1 N–H and O–H groups in total. The SMILES string of the molecule is COC(=O)c1ccc(C(=O)N2CCNCC2)cc1. The number of hydrogen-bond donors (Lipinski definition) is 1. The molecule has 0 spiro atoms. The predicted molar refractivity (Wildman–Crippen MR) is 66.6 cm³/mol. The Morgan fingerprint density at radius 2 is 1.67 bits per heavy atom. The Balaban J connectivity index is 2.08. The lowest BCUT2D eigenvalue weighted by atomic mass is 10.1. The first-order valence-electron chi connectivity index (χ1n) is 5.91. The molecule has 0 aromatic heterocycles. The maximum atomic E-state index is 12.1. The second kappa shape index (κ2) is 5.64. The third-order valence-corrected chi connectivity index (χ3v) is 2.96. The summed E-state index contributed by atoms with van der Waals surface area (Å²) in [6.07, 6.45) is 0. The van der Waals surface area contributed by atoms with E-state index >= 15 is 0 Å². The zero-order valence-corrected chi connectivity index (χ0v) is 10.3. The molecular formula is C13H16N2O3. The number of nitrogens with zero attached hydrogens (tertiary/aromatic N) is 1. The van der Waals surface area contributed by atoms with Gasteiger partial charge in [0.25, 0.3) is 5.91 Å². The number of benzene rings is 1. The minimum Gasteiger partial charge on any atom is -0.465 e. The van der Waals surface area contributed by atoms with Crippen molar-refractivity contribution in [2.75, 3.05) is 33.3 Å². The maximum Gasteiger partial charge on any atom is 0.337 e. The van der Waals surface area contributed by atoms with Gasteiger partial charge in [0.15, 0.2) is 0 Å². The lowest BCUT2D eigenvalue weighted by molar-refractivity contribution is 0.0599. The van der Waals surface area contributed by atoms with Crippen LogP contribution >= 0.6 is 0 Å². The Kier molecular flexibility index (Phi) is 3.94. The van der Waals surface area contributed by atoms with Gasteiger partial charge in [-0.3, -0.25) is 4.79 Å². The largest absolute Gasteiger partial charge is 0.465 e. The minimum absolute atomic E-state index is 0.00733. The van der Waals surface area contributed by atoms with Gasteiger partial charge in [-0.25, -0.2) is 4.79 Å². The van der Waals surface area contributed by atoms with Crippen molar-refractivity contribution in [3.63, 3.8) is 0 Å². The summed E-state index contributed by atoms with van der Waals surface area (Å²) in [5.74, 6) is -0.385. The fraction of sp³-hybridized carbons (Fsp3) is 0.385. The van der Waals surface area contributed by atoms with E-state index in [-0.39, 0.29) is 5.91 Å². The molecule has 0 aliphatic carbocycles. The van der Waals surface area contributed by atoms with Crippen LogP contribution in [0, 0.1) is 0 Å². The van der Waals surface area contributed by atoms with E-state index in [1.54, 1.807) is 24.3 Å². The summed E-state index contributed by atoms with van der Waals surface area (Å²) >= 11 is 0. The first-order chi connectivity index (χ1) is 8.72. The fourth-order valence-corrected chi connectivity index (χ4v) is 1.92. The van der Waals surface area contributed by atoms with Crippen molar-refractivity contribution in [3.05, 3.63) is 35.4 Å². The van der Waals surface area contributed by atoms with Crippen molar-refractivity contribution in [3.8, 4) is 0 Å². The van der Waals surface area contributed by atoms with E-state index in [1.807, 2.05) is 4.90 Å². The van der Waals surface area contributed by atoms with E-state index in [4.69, 9.17) is 0 Å². The molecule has 18 heavy (non-hydrogen) atoms. The van der Waals surface area contributed by atoms with Crippen LogP contribution in [0.5, 0.6) is 0 Å². The van der Waals surface area contributed by atoms with Crippen molar-refractivity contribution >= 4 is 11.9 Å². The molecule has 0 atom stereocenters. The smallest absolute Gasteiger partial charge is 0.337 e. The molecule has 5 nitrogen and oxygen atoms in total. The van der Waals surface area contributed by atoms with Gasteiger partial charge in [-0.1, -0.05) is 0 Å². The van der Waals surface area contributed by atoms with Crippen LogP contribution in [0.25, 0.3) is 0 Å². The molecule has 1 aliphatic heterocycles. The number of carbonyl (C=O) groups is 2. The van der Waals surface area contributed by atoms with Crippen LogP contribution in [0.4, 0.5) is 0 Å². The van der Waals surface area contributed by atoms with Gasteiger partial charge < -0.3 is 15.0 Å². The topological polar surface area (TPSA) is 58.6 Å². The number of ether oxygens (including phenoxy) is 1. The number of piperazine rings is 1. The van der Waals surface area contributed by atoms with Gasteiger partial charge in [0.1, 0.15) is 0 Å². The molecule has 0 radical (unpaired) electrons. The first-order valence-corrected chi connectivity index (χ1v) is 5.91. The van der Waals surface area contributed by atoms with Crippen LogP contribution in [-0.2, 0) is 4.74 Å². The highest BCUT2D eigenvalue weighted by Gasteiger charge is 2.18. The molecule has 1 saturated heterocycles. The molecule has 0 unspecified atom stereocenters. The van der Waals surface area contributed by atoms with E-state index < -0.39 is 5.97 Å². The monoisotopic (exact) mass is 248 g/mol. The molecule has 96 valence electrons. The van der Waals surface area contributed by atoms with Gasteiger partial charge in [0, 0.05) is 31.7 Å². The molecular weight excluding hydrogens is 232 g/mol. The van der Waals surface area contributed by atoms with Gasteiger partial charge >= 0.3 is 5.97 Å². The van der Waals surface area contributed by atoms with Gasteiger partial charge in [-0.05, 0) is 24.3 Å². The molecule has 1 aromatic carbocycles. The highest BCUT2D eigenvalue weighted by Crippen LogP contribution is 2.09. The second-order valence-electron chi connectivity index (χ2n) is 4.11. The van der Waals surface area contributed by atoms with Crippen molar-refractivity contribution < 1.29 is 14.3 Å². The van der Waals surface area contributed by atoms with Crippen LogP contribution in [0.2, 0.25) is 0 Å². The maximum absolute atomic E-state index is 12.1. The Hall–Kier alpha value is -1.88. The quantitative estimate of drug-likeness (QED) is 0.775. The predicted octanol–water partition coefficient (Wildman–Crippen LogP) is 0.519. The van der Waals surface area contributed by atoms with Crippen molar-refractivity contribution in [1.29, 1.82) is 0 Å². The second-order valence-corrected chi connectivity index (χ2v) is 4.11. The van der Waals surface area contributed by atoms with Crippen molar-refractivity contribution in [2.24, 2.45) is 0 Å². The summed E-state index contributed by atoms with van der Waals surface area (Å²) in [5.41, 5.74) is 1.05. The minimum atomic E-state index is -0.392. The van der Waals surface area contributed by atoms with Crippen LogP contribution in [-0.4, -0.2) is 50.1 Å². The third-order valence-electron chi connectivity index (χ3n) is 2.96. The molecule has 1 heterocycles. The van der Waals surface area contributed by atoms with E-state index in [1.165, 1.54) is 7.11 Å². The molecule has 1 amide bonds. The zero-order chi connectivity index (χ0) is 13.0. The Labute approximate surface area is 106 Å². The highest BCUT2D eigenvalue weighted by atomic mass is 16.5. The lowest BCUT2D eigenvalue weighted by Crippen LogP contribution is -2.46. The van der Waals surface area contributed by atoms with Crippen LogP contribution in [0.3, 0.4) is 0 Å². The highest BCUT2D eigenvalue weighted by molar-refractivity contribution is 5.96. The molecule has 1 aromatic rings. The molecule has 0 saturated carbocycles. The summed E-state index contributed by atoms with van der Waals surface area (Å²) in [5, 5.41) is 3.20. The standard InChI is InChI=1S/C13H16N2O3/c1-18-13(17)11-4-2-10(3-5-11)12(16)15-8-6-14-7-9-15/h2-5,14H,6-9H2,1H3. The van der Waals surface area contributed by atoms with Crippen LogP contribution in [0.15, 0.2) is 24.3 Å². The fourth-order valence-electron chi connectivity index (χ4n) is 1.92. The normalized spacial score (nSPS) is 15.3. The Morgan fingerprint density at radius 3 is 2.22 bits per heavy atom. The number of nitrogens with one attached hydrogen (secondary N) is 1. The van der Waals surface area contributed by atoms with E-state index in [2.05, 4.69) is 10.1 Å². The van der Waals surface area contributed by atoms with E-state index in [0.717, 1.165) is 26.2 Å². The average Bonchev–Trinajstić information content (AvgIpc) is 2.47. The number of amides is 1. The Morgan fingerprint density at radius 1 is 1.11 bits per heavy atom. The van der Waals surface area contributed by atoms with E-state index in [9.17, 15) is 9.59 Å². The molecule has 2 rings (SSSR count). The van der Waals surface area contributed by atoms with Gasteiger partial charge in [-0.15, -0.1) is 0 Å². The molecule has 1 aliphatic rings. The molecule has 0 bridgehead atoms. The number of methoxy groups -OCH3 is 1. The number of esters is 1. The lowest BCUT2D eigenvalue weighted by Gasteiger charge is -2.27. The van der Waals surface area contributed by atoms with Crippen LogP contribution < -0.4 is 5.32 Å². The number of rotatable bonds is 2. The van der Waals surface area contributed by atoms with Crippen molar-refractivity contribution in [1.82, 2.24) is 10.2 Å². The van der Waals surface area contributed by atoms with Gasteiger partial charge in [0.2, 0.25) is 0 Å². The summed E-state index contributed by atoms with van der Waals surface area (Å²) in [7, 11) is 1.34. The summed E-state index contributed by atoms with van der Waals surface area (Å²) in [4.78, 5) is 25.2. The number of hydrogen-bond acceptors (Lipinski definition) is 4. The van der Waals surface area contributed by atoms with Crippen LogP contribution in [0.1, 0.15) is 20.7 Å². The Bertz CT molecular complexity index is 436. The average molecular weight is 248 g/mol. The zero-order valence-electron chi connectivity index (χ0n) is 10.3. The van der Waals surface area contributed by atoms with Gasteiger partial charge in [-0.2, -0.15) is 0 Å². The first kappa shape index (κ1) is 12.6. The van der Waals surface area contributed by atoms with Gasteiger partial charge in [0.05, 0.1) is 12.7 Å². The summed E-state index contributed by atoms with van der Waals surface area (Å²) in [6.45, 7) is 3.09. The van der Waals surface area contributed by atoms with E-state index in [0.29, 0.717) is 11.1 Å². The van der Waals surface area contributed by atoms with Crippen molar-refractivity contribution in [2.45, 2.75) is 0 Å². The summed E-state index contributed by atoms with van der Waals surface area (Å²) in [6, 6.07) is 6.55.